The maximum atomic E-state index is 13.1. The van der Waals surface area contributed by atoms with E-state index in [1.807, 2.05) is 53.4 Å². The van der Waals surface area contributed by atoms with Gasteiger partial charge in [-0.25, -0.2) is 0 Å². The first-order valence-corrected chi connectivity index (χ1v) is 11.6. The smallest absolute Gasteiger partial charge is 0.309 e. The number of furan rings is 1. The molecule has 3 aromatic rings. The molecule has 2 aromatic carbocycles. The van der Waals surface area contributed by atoms with Crippen LogP contribution in [0.1, 0.15) is 36.9 Å². The van der Waals surface area contributed by atoms with Gasteiger partial charge in [-0.05, 0) is 47.4 Å². The Balaban J connectivity index is 1.71. The number of fused-ring (bicyclic) bond motifs is 1. The normalized spacial score (nSPS) is 20.7. The second kappa shape index (κ2) is 9.89. The second-order valence-corrected chi connectivity index (χ2v) is 9.50. The number of ether oxygens (including phenoxy) is 1. The fourth-order valence-corrected chi connectivity index (χ4v) is 5.09. The molecule has 3 unspecified atom stereocenters. The Morgan fingerprint density at radius 3 is 2.50 bits per heavy atom. The molecule has 1 fully saturated rings. The highest BCUT2D eigenvalue weighted by molar-refractivity contribution is 5.80. The summed E-state index contributed by atoms with van der Waals surface area (Å²) in [5.74, 6) is -0.806. The molecular weight excluding hydrogens is 432 g/mol. The number of carboxylic acid groups (broad SMARTS) is 1. The minimum atomic E-state index is -0.872. The van der Waals surface area contributed by atoms with Crippen molar-refractivity contribution in [3.8, 4) is 5.75 Å². The topological polar surface area (TPSA) is 83.2 Å². The van der Waals surface area contributed by atoms with E-state index in [0.717, 1.165) is 22.1 Å². The summed E-state index contributed by atoms with van der Waals surface area (Å²) in [6.07, 6.45) is 1.63. The molecule has 0 saturated carbocycles. The molecule has 4 rings (SSSR count). The molecule has 0 spiro atoms. The van der Waals surface area contributed by atoms with Crippen LogP contribution in [0.3, 0.4) is 0 Å². The lowest BCUT2D eigenvalue weighted by molar-refractivity contribution is -0.143. The number of rotatable bonds is 8. The van der Waals surface area contributed by atoms with Gasteiger partial charge in [-0.2, -0.15) is 0 Å². The van der Waals surface area contributed by atoms with Crippen molar-refractivity contribution in [3.63, 3.8) is 0 Å². The van der Waals surface area contributed by atoms with Crippen LogP contribution in [-0.4, -0.2) is 60.6 Å². The quantitative estimate of drug-likeness (QED) is 0.532. The molecule has 1 aliphatic rings. The fraction of sp³-hybridized carbons (Fsp3) is 0.407. The van der Waals surface area contributed by atoms with E-state index in [2.05, 4.69) is 13.8 Å². The number of amides is 1. The van der Waals surface area contributed by atoms with Gasteiger partial charge in [-0.15, -0.1) is 0 Å². The van der Waals surface area contributed by atoms with Crippen molar-refractivity contribution in [2.45, 2.75) is 25.8 Å². The van der Waals surface area contributed by atoms with Crippen molar-refractivity contribution in [1.82, 2.24) is 9.80 Å². The zero-order chi connectivity index (χ0) is 24.4. The van der Waals surface area contributed by atoms with Crippen molar-refractivity contribution in [1.29, 1.82) is 0 Å². The number of likely N-dealkylation sites (tertiary alicyclic amines) is 1. The molecular formula is C27H32N2O5. The van der Waals surface area contributed by atoms with E-state index in [1.54, 1.807) is 25.3 Å². The van der Waals surface area contributed by atoms with Gasteiger partial charge in [0, 0.05) is 37.5 Å². The highest BCUT2D eigenvalue weighted by Crippen LogP contribution is 2.46. The van der Waals surface area contributed by atoms with Gasteiger partial charge in [0.25, 0.3) is 0 Å². The molecule has 180 valence electrons. The molecule has 7 nitrogen and oxygen atoms in total. The summed E-state index contributed by atoms with van der Waals surface area (Å²) < 4.78 is 10.8. The Morgan fingerprint density at radius 2 is 1.85 bits per heavy atom. The zero-order valence-electron chi connectivity index (χ0n) is 20.1. The lowest BCUT2D eigenvalue weighted by Crippen LogP contribution is -2.40. The first kappa shape index (κ1) is 23.8. The average Bonchev–Trinajstić information content (AvgIpc) is 3.42. The first-order valence-electron chi connectivity index (χ1n) is 11.6. The standard InChI is InChI=1S/C27H32N2O5/c1-17(2)14-28(3)24(30)16-29-15-22(19-7-10-23-20(13-19)11-12-34-23)25(27(31)32)26(29)18-5-8-21(33-4)9-6-18/h5-13,17,22,25-26H,14-16H2,1-4H3,(H,31,32). The summed E-state index contributed by atoms with van der Waals surface area (Å²) in [6.45, 7) is 5.43. The molecule has 7 heteroatoms. The molecule has 1 saturated heterocycles. The summed E-state index contributed by atoms with van der Waals surface area (Å²) in [6, 6.07) is 14.7. The number of benzene rings is 2. The van der Waals surface area contributed by atoms with E-state index in [4.69, 9.17) is 9.15 Å². The summed E-state index contributed by atoms with van der Waals surface area (Å²) in [7, 11) is 3.40. The molecule has 1 amide bonds. The van der Waals surface area contributed by atoms with E-state index >= 15 is 0 Å². The van der Waals surface area contributed by atoms with Crippen LogP contribution >= 0.6 is 0 Å². The molecule has 1 N–H and O–H groups in total. The van der Waals surface area contributed by atoms with Crippen molar-refractivity contribution < 1.29 is 23.8 Å². The third kappa shape index (κ3) is 4.80. The summed E-state index contributed by atoms with van der Waals surface area (Å²) in [4.78, 5) is 29.5. The maximum absolute atomic E-state index is 13.1. The Hall–Kier alpha value is -3.32. The largest absolute Gasteiger partial charge is 0.497 e. The monoisotopic (exact) mass is 464 g/mol. The Labute approximate surface area is 199 Å². The molecule has 2 heterocycles. The molecule has 34 heavy (non-hydrogen) atoms. The lowest BCUT2D eigenvalue weighted by Gasteiger charge is -2.29. The zero-order valence-corrected chi connectivity index (χ0v) is 20.1. The van der Waals surface area contributed by atoms with Crippen LogP contribution in [0.2, 0.25) is 0 Å². The van der Waals surface area contributed by atoms with Gasteiger partial charge in [0.15, 0.2) is 0 Å². The fourth-order valence-electron chi connectivity index (χ4n) is 5.09. The van der Waals surface area contributed by atoms with E-state index < -0.39 is 17.9 Å². The second-order valence-electron chi connectivity index (χ2n) is 9.50. The predicted molar refractivity (Wildman–Crippen MR) is 130 cm³/mol. The molecule has 1 aliphatic heterocycles. The minimum Gasteiger partial charge on any atom is -0.497 e. The van der Waals surface area contributed by atoms with E-state index in [1.165, 1.54) is 0 Å². The van der Waals surface area contributed by atoms with Crippen LogP contribution in [0.5, 0.6) is 5.75 Å². The van der Waals surface area contributed by atoms with Crippen molar-refractivity contribution in [2.75, 3.05) is 33.8 Å². The van der Waals surface area contributed by atoms with Crippen molar-refractivity contribution in [3.05, 3.63) is 65.9 Å². The molecule has 0 aliphatic carbocycles. The average molecular weight is 465 g/mol. The van der Waals surface area contributed by atoms with Gasteiger partial charge in [-0.3, -0.25) is 14.5 Å². The van der Waals surface area contributed by atoms with Gasteiger partial charge in [0.1, 0.15) is 11.3 Å². The van der Waals surface area contributed by atoms with Crippen molar-refractivity contribution in [2.24, 2.45) is 11.8 Å². The number of likely N-dealkylation sites (N-methyl/N-ethyl adjacent to an activating group) is 1. The number of aliphatic carboxylic acids is 1. The number of nitrogens with zero attached hydrogens (tertiary/aromatic N) is 2. The number of hydrogen-bond donors (Lipinski definition) is 1. The maximum Gasteiger partial charge on any atom is 0.309 e. The summed E-state index contributed by atoms with van der Waals surface area (Å²) in [5, 5.41) is 11.3. The molecule has 0 bridgehead atoms. The summed E-state index contributed by atoms with van der Waals surface area (Å²) >= 11 is 0. The minimum absolute atomic E-state index is 0.0118. The van der Waals surface area contributed by atoms with Gasteiger partial charge in [0.05, 0.1) is 25.8 Å². The van der Waals surface area contributed by atoms with E-state index in [-0.39, 0.29) is 18.4 Å². The van der Waals surface area contributed by atoms with Gasteiger partial charge < -0.3 is 19.2 Å². The number of carboxylic acids is 1. The van der Waals surface area contributed by atoms with Crippen LogP contribution in [0, 0.1) is 11.8 Å². The molecule has 3 atom stereocenters. The van der Waals surface area contributed by atoms with Crippen LogP contribution in [0.15, 0.2) is 59.2 Å². The Bertz CT molecular complexity index is 1150. The number of hydrogen-bond acceptors (Lipinski definition) is 5. The predicted octanol–water partition coefficient (Wildman–Crippen LogP) is 4.40. The van der Waals surface area contributed by atoms with Gasteiger partial charge in [-0.1, -0.05) is 32.0 Å². The molecule has 1 aromatic heterocycles. The lowest BCUT2D eigenvalue weighted by atomic mass is 9.82. The Morgan fingerprint density at radius 1 is 1.15 bits per heavy atom. The number of carbonyl (C=O) groups excluding carboxylic acids is 1. The number of methoxy groups -OCH3 is 1. The molecule has 0 radical (unpaired) electrons. The SMILES string of the molecule is COc1ccc(C2C(C(=O)O)C(c3ccc4occc4c3)CN2CC(=O)N(C)CC(C)C)cc1. The first-order chi connectivity index (χ1) is 16.3. The highest BCUT2D eigenvalue weighted by Gasteiger charge is 2.48. The van der Waals surface area contributed by atoms with E-state index in [9.17, 15) is 14.7 Å². The summed E-state index contributed by atoms with van der Waals surface area (Å²) in [5.41, 5.74) is 2.56. The van der Waals surface area contributed by atoms with Crippen LogP contribution in [-0.2, 0) is 9.59 Å². The van der Waals surface area contributed by atoms with Crippen molar-refractivity contribution >= 4 is 22.8 Å². The van der Waals surface area contributed by atoms with Gasteiger partial charge >= 0.3 is 5.97 Å². The van der Waals surface area contributed by atoms with Crippen LogP contribution < -0.4 is 4.74 Å². The third-order valence-corrected chi connectivity index (χ3v) is 6.65. The van der Waals surface area contributed by atoms with E-state index in [0.29, 0.717) is 24.8 Å². The van der Waals surface area contributed by atoms with Gasteiger partial charge in [0.2, 0.25) is 5.91 Å². The third-order valence-electron chi connectivity index (χ3n) is 6.65. The Kier molecular flexibility index (Phi) is 6.93. The number of carbonyl (C=O) groups is 2. The van der Waals surface area contributed by atoms with Crippen LogP contribution in [0.25, 0.3) is 11.0 Å². The van der Waals surface area contributed by atoms with Crippen LogP contribution in [0.4, 0.5) is 0 Å². The highest BCUT2D eigenvalue weighted by atomic mass is 16.5.